The molecule has 0 saturated heterocycles. The maximum Gasteiger partial charge on any atom is 0.260 e. The molecule has 0 bridgehead atoms. The van der Waals surface area contributed by atoms with E-state index in [1.54, 1.807) is 23.6 Å². The van der Waals surface area contributed by atoms with Gasteiger partial charge in [-0.15, -0.1) is 11.3 Å². The fourth-order valence-corrected chi connectivity index (χ4v) is 5.29. The van der Waals surface area contributed by atoms with Gasteiger partial charge in [-0.3, -0.25) is 9.78 Å². The minimum Gasteiger partial charge on any atom is -0.305 e. The maximum absolute atomic E-state index is 12.7. The van der Waals surface area contributed by atoms with Gasteiger partial charge in [0.05, 0.1) is 33.3 Å². The lowest BCUT2D eigenvalue weighted by Gasteiger charge is -2.17. The Morgan fingerprint density at radius 3 is 2.96 bits per heavy atom. The predicted octanol–water partition coefficient (Wildman–Crippen LogP) is 4.79. The molecular weight excluding hydrogens is 392 g/mol. The molecule has 3 aromatic heterocycles. The normalized spacial score (nSPS) is 17.2. The van der Waals surface area contributed by atoms with Crippen LogP contribution in [-0.4, -0.2) is 19.9 Å². The summed E-state index contributed by atoms with van der Waals surface area (Å²) < 4.78 is 0. The summed E-state index contributed by atoms with van der Waals surface area (Å²) in [6.45, 7) is 2.25. The van der Waals surface area contributed by atoms with Crippen molar-refractivity contribution in [1.29, 1.82) is 0 Å². The Bertz CT molecular complexity index is 1310. The number of aromatic nitrogens is 4. The molecule has 1 N–H and O–H groups in total. The van der Waals surface area contributed by atoms with E-state index < -0.39 is 0 Å². The lowest BCUT2D eigenvalue weighted by atomic mass is 9.89. The predicted molar refractivity (Wildman–Crippen MR) is 115 cm³/mol. The van der Waals surface area contributed by atoms with Crippen molar-refractivity contribution in [3.63, 3.8) is 0 Å². The third kappa shape index (κ3) is 3.02. The fraction of sp³-hybridized carbons (Fsp3) is 0.238. The number of H-pyrrole nitrogens is 1. The quantitative estimate of drug-likeness (QED) is 0.517. The monoisotopic (exact) mass is 408 g/mol. The van der Waals surface area contributed by atoms with E-state index in [-0.39, 0.29) is 5.56 Å². The Balaban J connectivity index is 1.58. The molecule has 0 saturated carbocycles. The molecule has 4 aromatic rings. The van der Waals surface area contributed by atoms with Crippen molar-refractivity contribution < 1.29 is 0 Å². The number of hydrogen-bond acceptors (Lipinski definition) is 5. The number of rotatable bonds is 2. The van der Waals surface area contributed by atoms with Crippen molar-refractivity contribution in [1.82, 2.24) is 19.9 Å². The Kier molecular flexibility index (Phi) is 4.25. The molecule has 0 aliphatic heterocycles. The number of thiophene rings is 1. The van der Waals surface area contributed by atoms with Crippen LogP contribution < -0.4 is 5.56 Å². The van der Waals surface area contributed by atoms with Gasteiger partial charge >= 0.3 is 0 Å². The van der Waals surface area contributed by atoms with Crippen molar-refractivity contribution in [2.24, 2.45) is 5.92 Å². The summed E-state index contributed by atoms with van der Waals surface area (Å²) in [5.74, 6) is 1.01. The number of fused-ring (bicyclic) bond motifs is 4. The first-order valence-corrected chi connectivity index (χ1v) is 10.4. The molecule has 3 heterocycles. The van der Waals surface area contributed by atoms with Crippen LogP contribution in [0, 0.1) is 5.92 Å². The Morgan fingerprint density at radius 1 is 1.29 bits per heavy atom. The van der Waals surface area contributed by atoms with Gasteiger partial charge in [0.25, 0.3) is 5.56 Å². The van der Waals surface area contributed by atoms with E-state index >= 15 is 0 Å². The van der Waals surface area contributed by atoms with Crippen molar-refractivity contribution in [2.75, 3.05) is 0 Å². The van der Waals surface area contributed by atoms with E-state index in [2.05, 4.69) is 26.9 Å². The highest BCUT2D eigenvalue weighted by Crippen LogP contribution is 2.36. The average molecular weight is 409 g/mol. The average Bonchev–Trinajstić information content (AvgIpc) is 3.05. The standard InChI is InChI=1S/C21H17ClN4OS/c1-11-6-7-13-17(8-11)28-21-18(13)20(27)25-19(26-21)14(22)9-12-10-23-15-4-2-3-5-16(15)24-12/h2-5,9-11H,6-8H2,1H3,(H,25,26,27)/b14-9-/t11-/m0/s1. The van der Waals surface area contributed by atoms with Gasteiger partial charge in [-0.1, -0.05) is 30.7 Å². The first-order valence-electron chi connectivity index (χ1n) is 9.22. The first kappa shape index (κ1) is 17.5. The molecule has 0 amide bonds. The molecule has 1 atom stereocenters. The van der Waals surface area contributed by atoms with Crippen molar-refractivity contribution >= 4 is 55.3 Å². The molecule has 5 nitrogen and oxygen atoms in total. The number of nitrogens with zero attached hydrogens (tertiary/aromatic N) is 3. The number of aromatic amines is 1. The second-order valence-corrected chi connectivity index (χ2v) is 8.71. The molecule has 1 aromatic carbocycles. The number of hydrogen-bond donors (Lipinski definition) is 1. The highest BCUT2D eigenvalue weighted by molar-refractivity contribution is 7.18. The summed E-state index contributed by atoms with van der Waals surface area (Å²) in [7, 11) is 0. The lowest BCUT2D eigenvalue weighted by molar-refractivity contribution is 0.509. The van der Waals surface area contributed by atoms with Crippen LogP contribution in [0.1, 0.15) is 35.3 Å². The summed E-state index contributed by atoms with van der Waals surface area (Å²) in [5.41, 5.74) is 3.27. The molecule has 0 fully saturated rings. The molecule has 0 unspecified atom stereocenters. The van der Waals surface area contributed by atoms with Gasteiger partial charge in [0.15, 0.2) is 5.82 Å². The molecule has 140 valence electrons. The van der Waals surface area contributed by atoms with Crippen LogP contribution in [0.2, 0.25) is 0 Å². The zero-order valence-electron chi connectivity index (χ0n) is 15.2. The minimum absolute atomic E-state index is 0.122. The number of nitrogens with one attached hydrogen (secondary N) is 1. The maximum atomic E-state index is 12.7. The van der Waals surface area contributed by atoms with E-state index in [4.69, 9.17) is 11.6 Å². The molecular formula is C21H17ClN4OS. The van der Waals surface area contributed by atoms with E-state index in [1.165, 1.54) is 10.4 Å². The summed E-state index contributed by atoms with van der Waals surface area (Å²) in [4.78, 5) is 31.2. The number of halogens is 1. The fourth-order valence-electron chi connectivity index (χ4n) is 3.70. The van der Waals surface area contributed by atoms with Gasteiger partial charge in [0.2, 0.25) is 0 Å². The molecule has 1 aliphatic rings. The highest BCUT2D eigenvalue weighted by atomic mass is 35.5. The summed E-state index contributed by atoms with van der Waals surface area (Å²) >= 11 is 8.09. The second kappa shape index (κ2) is 6.79. The van der Waals surface area contributed by atoms with Crippen LogP contribution in [0.4, 0.5) is 0 Å². The van der Waals surface area contributed by atoms with Crippen molar-refractivity contribution in [3.8, 4) is 0 Å². The Morgan fingerprint density at radius 2 is 2.11 bits per heavy atom. The molecule has 5 rings (SSSR count). The van der Waals surface area contributed by atoms with Gasteiger partial charge in [-0.2, -0.15) is 0 Å². The minimum atomic E-state index is -0.122. The van der Waals surface area contributed by atoms with Gasteiger partial charge in [-0.05, 0) is 49.0 Å². The van der Waals surface area contributed by atoms with Gasteiger partial charge in [0, 0.05) is 4.88 Å². The molecule has 0 radical (unpaired) electrons. The number of benzene rings is 1. The molecule has 1 aliphatic carbocycles. The SMILES string of the molecule is C[C@H]1CCc2c(sc3nc(/C(Cl)=C/c4cnc5ccccc5n4)[nH]c(=O)c23)C1. The topological polar surface area (TPSA) is 71.5 Å². The Hall–Kier alpha value is -2.57. The summed E-state index contributed by atoms with van der Waals surface area (Å²) in [6.07, 6.45) is 6.41. The molecule has 0 spiro atoms. The van der Waals surface area contributed by atoms with Crippen LogP contribution in [0.5, 0.6) is 0 Å². The Labute approximate surface area is 170 Å². The zero-order valence-corrected chi connectivity index (χ0v) is 16.8. The second-order valence-electron chi connectivity index (χ2n) is 7.22. The third-order valence-corrected chi connectivity index (χ3v) is 6.57. The molecule has 7 heteroatoms. The smallest absolute Gasteiger partial charge is 0.260 e. The number of para-hydroxylation sites is 2. The van der Waals surface area contributed by atoms with Gasteiger partial charge < -0.3 is 4.98 Å². The van der Waals surface area contributed by atoms with Crippen LogP contribution in [0.25, 0.3) is 32.4 Å². The van der Waals surface area contributed by atoms with Crippen LogP contribution in [0.3, 0.4) is 0 Å². The van der Waals surface area contributed by atoms with E-state index in [1.807, 2.05) is 24.3 Å². The van der Waals surface area contributed by atoms with Crippen molar-refractivity contribution in [3.05, 3.63) is 62.8 Å². The summed E-state index contributed by atoms with van der Waals surface area (Å²) in [5, 5.41) is 1.06. The van der Waals surface area contributed by atoms with Gasteiger partial charge in [0.1, 0.15) is 4.83 Å². The van der Waals surface area contributed by atoms with E-state index in [9.17, 15) is 4.79 Å². The van der Waals surface area contributed by atoms with Crippen molar-refractivity contribution in [2.45, 2.75) is 26.2 Å². The van der Waals surface area contributed by atoms with Crippen LogP contribution >= 0.6 is 22.9 Å². The van der Waals surface area contributed by atoms with Gasteiger partial charge in [-0.25, -0.2) is 9.97 Å². The molecule has 28 heavy (non-hydrogen) atoms. The van der Waals surface area contributed by atoms with E-state index in [0.29, 0.717) is 22.5 Å². The number of aryl methyl sites for hydroxylation is 1. The summed E-state index contributed by atoms with van der Waals surface area (Å²) in [6, 6.07) is 7.64. The third-order valence-electron chi connectivity index (χ3n) is 5.13. The van der Waals surface area contributed by atoms with E-state index in [0.717, 1.165) is 40.5 Å². The zero-order chi connectivity index (χ0) is 19.3. The highest BCUT2D eigenvalue weighted by Gasteiger charge is 2.23. The lowest BCUT2D eigenvalue weighted by Crippen LogP contribution is -2.14. The largest absolute Gasteiger partial charge is 0.305 e. The van der Waals surface area contributed by atoms with Crippen LogP contribution in [0.15, 0.2) is 35.3 Å². The first-order chi connectivity index (χ1) is 13.6. The van der Waals surface area contributed by atoms with Crippen LogP contribution in [-0.2, 0) is 12.8 Å².